The molecule has 4 heterocycles. The average Bonchev–Trinajstić information content (AvgIpc) is 3.70. The number of rotatable bonds is 5. The highest BCUT2D eigenvalue weighted by molar-refractivity contribution is 7.89. The first kappa shape index (κ1) is 25.8. The molecule has 0 radical (unpaired) electrons. The number of morpholine rings is 1. The highest BCUT2D eigenvalue weighted by atomic mass is 35.5. The van der Waals surface area contributed by atoms with Gasteiger partial charge in [-0.15, -0.1) is 22.7 Å². The average molecular weight is 588 g/mol. The summed E-state index contributed by atoms with van der Waals surface area (Å²) in [4.78, 5) is 16.2. The van der Waals surface area contributed by atoms with E-state index in [0.29, 0.717) is 13.2 Å². The first-order valence-corrected chi connectivity index (χ1v) is 16.0. The number of sulfonamides is 1. The van der Waals surface area contributed by atoms with Crippen LogP contribution >= 0.6 is 34.3 Å². The van der Waals surface area contributed by atoms with Crippen LogP contribution in [0.2, 0.25) is 5.02 Å². The summed E-state index contributed by atoms with van der Waals surface area (Å²) in [5, 5.41) is 5.81. The Labute approximate surface area is 235 Å². The zero-order valence-electron chi connectivity index (χ0n) is 20.4. The van der Waals surface area contributed by atoms with E-state index in [4.69, 9.17) is 16.3 Å². The van der Waals surface area contributed by atoms with Gasteiger partial charge in [-0.05, 0) is 77.6 Å². The van der Waals surface area contributed by atoms with E-state index in [1.807, 2.05) is 23.6 Å². The van der Waals surface area contributed by atoms with Gasteiger partial charge in [0.2, 0.25) is 10.0 Å². The Morgan fingerprint density at radius 2 is 1.87 bits per heavy atom. The molecule has 1 amide bonds. The molecule has 38 heavy (non-hydrogen) atoms. The van der Waals surface area contributed by atoms with Crippen molar-refractivity contribution in [3.8, 4) is 0 Å². The molecule has 6 rings (SSSR count). The van der Waals surface area contributed by atoms with Crippen LogP contribution in [0.5, 0.6) is 0 Å². The van der Waals surface area contributed by atoms with Crippen molar-refractivity contribution in [2.75, 3.05) is 26.3 Å². The van der Waals surface area contributed by atoms with E-state index in [-0.39, 0.29) is 40.5 Å². The van der Waals surface area contributed by atoms with E-state index in [0.717, 1.165) is 29.8 Å². The summed E-state index contributed by atoms with van der Waals surface area (Å²) in [6, 6.07) is 12.4. The van der Waals surface area contributed by atoms with Crippen LogP contribution < -0.4 is 5.43 Å². The number of benzene rings is 1. The quantitative estimate of drug-likeness (QED) is 0.414. The molecule has 1 aliphatic carbocycles. The highest BCUT2D eigenvalue weighted by Crippen LogP contribution is 2.45. The van der Waals surface area contributed by atoms with Gasteiger partial charge >= 0.3 is 0 Å². The normalized spacial score (nSPS) is 21.6. The molecule has 2 aromatic heterocycles. The molecule has 7 nitrogen and oxygen atoms in total. The zero-order chi connectivity index (χ0) is 26.3. The van der Waals surface area contributed by atoms with E-state index < -0.39 is 10.0 Å². The lowest BCUT2D eigenvalue weighted by atomic mass is 9.88. The summed E-state index contributed by atoms with van der Waals surface area (Å²) in [5.74, 6) is -0.302. The predicted octanol–water partition coefficient (Wildman–Crippen LogP) is 5.71. The lowest BCUT2D eigenvalue weighted by Gasteiger charge is -2.28. The van der Waals surface area contributed by atoms with Gasteiger partial charge in [0.1, 0.15) is 10.9 Å². The molecule has 1 aromatic carbocycles. The van der Waals surface area contributed by atoms with Crippen LogP contribution in [0.1, 0.15) is 45.4 Å². The number of hydrogen-bond donors (Lipinski definition) is 1. The maximum Gasteiger partial charge on any atom is 0.273 e. The molecule has 0 bridgehead atoms. The number of amides is 1. The number of carbonyl (C=O) groups excluding carboxylic acids is 1. The predicted molar refractivity (Wildman–Crippen MR) is 151 cm³/mol. The van der Waals surface area contributed by atoms with E-state index in [1.54, 1.807) is 33.7 Å². The highest BCUT2D eigenvalue weighted by Gasteiger charge is 2.40. The van der Waals surface area contributed by atoms with Crippen LogP contribution in [0, 0.1) is 0 Å². The topological polar surface area (TPSA) is 79.0 Å². The summed E-state index contributed by atoms with van der Waals surface area (Å²) in [7, 11) is -3.87. The van der Waals surface area contributed by atoms with Crippen molar-refractivity contribution in [1.82, 2.24) is 14.7 Å². The molecule has 1 atom stereocenters. The Kier molecular flexibility index (Phi) is 7.19. The second-order valence-corrected chi connectivity index (χ2v) is 13.6. The summed E-state index contributed by atoms with van der Waals surface area (Å²) in [6.45, 7) is 1.16. The third-order valence-corrected chi connectivity index (χ3v) is 11.1. The fraction of sp³-hybridized carbons (Fsp3) is 0.296. The van der Waals surface area contributed by atoms with Crippen LogP contribution in [0.15, 0.2) is 75.0 Å². The van der Waals surface area contributed by atoms with Crippen LogP contribution in [-0.4, -0.2) is 49.9 Å². The molecule has 1 fully saturated rings. The molecule has 2 aliphatic heterocycles. The van der Waals surface area contributed by atoms with Gasteiger partial charge in [0.15, 0.2) is 0 Å². The second kappa shape index (κ2) is 10.6. The smallest absolute Gasteiger partial charge is 0.273 e. The molecular weight excluding hydrogens is 562 g/mol. The van der Waals surface area contributed by atoms with Crippen LogP contribution in [0.25, 0.3) is 6.08 Å². The monoisotopic (exact) mass is 587 g/mol. The van der Waals surface area contributed by atoms with Crippen molar-refractivity contribution in [2.24, 2.45) is 0 Å². The lowest BCUT2D eigenvalue weighted by Crippen LogP contribution is -2.41. The number of halogens is 1. The molecule has 1 N–H and O–H groups in total. The van der Waals surface area contributed by atoms with Crippen LogP contribution in [-0.2, 0) is 14.8 Å². The van der Waals surface area contributed by atoms with E-state index in [9.17, 15) is 13.2 Å². The number of hydrazine groups is 1. The van der Waals surface area contributed by atoms with Gasteiger partial charge in [0, 0.05) is 28.4 Å². The Bertz CT molecular complexity index is 1510. The summed E-state index contributed by atoms with van der Waals surface area (Å²) >= 11 is 9.66. The largest absolute Gasteiger partial charge is 0.379 e. The summed E-state index contributed by atoms with van der Waals surface area (Å²) < 4.78 is 33.4. The van der Waals surface area contributed by atoms with Gasteiger partial charge in [-0.2, -0.15) is 4.31 Å². The third kappa shape index (κ3) is 4.74. The fourth-order valence-corrected chi connectivity index (χ4v) is 8.62. The van der Waals surface area contributed by atoms with E-state index in [1.165, 1.54) is 32.5 Å². The molecule has 0 unspecified atom stereocenters. The minimum atomic E-state index is -3.87. The van der Waals surface area contributed by atoms with Gasteiger partial charge < -0.3 is 4.74 Å². The SMILES string of the molecule is O=C(c1ccc(Cl)c(S(=O)(=O)N2CCOCC2)c1)N1NC2=C(CCC/C2=C\c2cccs2)[C@@H]1c1cccs1. The Morgan fingerprint density at radius 3 is 2.61 bits per heavy atom. The Hall–Kier alpha value is -2.47. The van der Waals surface area contributed by atoms with Gasteiger partial charge in [0.25, 0.3) is 5.91 Å². The molecule has 0 saturated carbocycles. The molecule has 3 aliphatic rings. The number of carbonyl (C=O) groups is 1. The van der Waals surface area contributed by atoms with E-state index >= 15 is 0 Å². The molecule has 11 heteroatoms. The van der Waals surface area contributed by atoms with Crippen molar-refractivity contribution in [3.05, 3.63) is 90.4 Å². The maximum absolute atomic E-state index is 14.0. The summed E-state index contributed by atoms with van der Waals surface area (Å²) in [5.41, 5.74) is 7.04. The molecular formula is C27H26ClN3O4S3. The minimum absolute atomic E-state index is 0.0604. The molecule has 1 saturated heterocycles. The number of hydrogen-bond acceptors (Lipinski definition) is 7. The van der Waals surface area contributed by atoms with Crippen molar-refractivity contribution < 1.29 is 17.9 Å². The number of nitrogens with zero attached hydrogens (tertiary/aromatic N) is 2. The van der Waals surface area contributed by atoms with Crippen molar-refractivity contribution in [2.45, 2.75) is 30.2 Å². The second-order valence-electron chi connectivity index (χ2n) is 9.31. The molecule has 0 spiro atoms. The van der Waals surface area contributed by atoms with Crippen LogP contribution in [0.3, 0.4) is 0 Å². The fourth-order valence-electron chi connectivity index (χ4n) is 5.19. The lowest BCUT2D eigenvalue weighted by molar-refractivity contribution is 0.0658. The van der Waals surface area contributed by atoms with Crippen LogP contribution in [0.4, 0.5) is 0 Å². The standard InChI is InChI=1S/C27H26ClN3O4S3/c28-22-9-8-19(17-24(22)38(33,34)30-10-12-35-13-11-30)27(32)31-26(23-7-3-15-37-23)21-6-1-4-18(25(21)29-31)16-20-5-2-14-36-20/h2-3,5,7-9,14-17,26,29H,1,4,6,10-13H2/b18-16+/t26-/m1/s1. The maximum atomic E-state index is 14.0. The van der Waals surface area contributed by atoms with Crippen molar-refractivity contribution in [3.63, 3.8) is 0 Å². The summed E-state index contributed by atoms with van der Waals surface area (Å²) in [6.07, 6.45) is 5.00. The van der Waals surface area contributed by atoms with Gasteiger partial charge in [0.05, 0.1) is 23.9 Å². The minimum Gasteiger partial charge on any atom is -0.379 e. The first-order chi connectivity index (χ1) is 18.4. The van der Waals surface area contributed by atoms with Crippen molar-refractivity contribution >= 4 is 56.3 Å². The molecule has 3 aromatic rings. The number of allylic oxidation sites excluding steroid dienone is 1. The zero-order valence-corrected chi connectivity index (χ0v) is 23.6. The first-order valence-electron chi connectivity index (χ1n) is 12.4. The number of nitrogens with one attached hydrogen (secondary N) is 1. The molecule has 198 valence electrons. The number of thiophene rings is 2. The number of ether oxygens (including phenoxy) is 1. The third-order valence-electron chi connectivity index (χ3n) is 7.01. The Balaban J connectivity index is 1.37. The van der Waals surface area contributed by atoms with Crippen molar-refractivity contribution in [1.29, 1.82) is 0 Å². The van der Waals surface area contributed by atoms with Gasteiger partial charge in [-0.3, -0.25) is 10.2 Å². The van der Waals surface area contributed by atoms with Gasteiger partial charge in [-0.1, -0.05) is 23.7 Å². The van der Waals surface area contributed by atoms with Gasteiger partial charge in [-0.25, -0.2) is 13.4 Å². The van der Waals surface area contributed by atoms with E-state index in [2.05, 4.69) is 22.9 Å². The Morgan fingerprint density at radius 1 is 1.08 bits per heavy atom.